The molecule has 5 heteroatoms. The Morgan fingerprint density at radius 3 is 2.57 bits per heavy atom. The van der Waals surface area contributed by atoms with Crippen LogP contribution in [0.2, 0.25) is 0 Å². The number of carbonyl (C=O) groups excluding carboxylic acids is 1. The van der Waals surface area contributed by atoms with Crippen molar-refractivity contribution in [2.45, 2.75) is 44.8 Å². The fourth-order valence-electron chi connectivity index (χ4n) is 4.29. The molecule has 0 saturated carbocycles. The van der Waals surface area contributed by atoms with Crippen LogP contribution in [0.25, 0.3) is 11.0 Å². The van der Waals surface area contributed by atoms with E-state index in [1.807, 2.05) is 37.4 Å². The van der Waals surface area contributed by atoms with Crippen molar-refractivity contribution >= 4 is 34.3 Å². The zero-order valence-electron chi connectivity index (χ0n) is 18.3. The molecule has 0 atom stereocenters. The van der Waals surface area contributed by atoms with E-state index in [0.29, 0.717) is 11.7 Å². The van der Waals surface area contributed by atoms with E-state index >= 15 is 0 Å². The lowest BCUT2D eigenvalue weighted by Crippen LogP contribution is -2.24. The number of imidazole rings is 1. The standard InChI is InChI=1S/C25H29N3OS/c1-17(2)15-28-22-13-9-7-11-20(22)26-24(28)30-16-18(29)14-23-25(3,4)19-10-6-8-12-21(19)27(23)5/h6-14,17H,15-16H2,1-5H3/b23-14-. The first-order chi connectivity index (χ1) is 14.3. The van der Waals surface area contributed by atoms with E-state index in [0.717, 1.165) is 28.4 Å². The van der Waals surface area contributed by atoms with Gasteiger partial charge >= 0.3 is 0 Å². The number of fused-ring (bicyclic) bond motifs is 2. The fraction of sp³-hybridized carbons (Fsp3) is 0.360. The summed E-state index contributed by atoms with van der Waals surface area (Å²) in [5.74, 6) is 1.00. The van der Waals surface area contributed by atoms with Crippen molar-refractivity contribution in [3.8, 4) is 0 Å². The highest BCUT2D eigenvalue weighted by molar-refractivity contribution is 7.99. The normalized spacial score (nSPS) is 16.6. The van der Waals surface area contributed by atoms with Gasteiger partial charge in [-0.2, -0.15) is 0 Å². The van der Waals surface area contributed by atoms with Gasteiger partial charge in [0.15, 0.2) is 10.9 Å². The summed E-state index contributed by atoms with van der Waals surface area (Å²) in [6.07, 6.45) is 1.82. The van der Waals surface area contributed by atoms with E-state index in [1.165, 1.54) is 23.0 Å². The summed E-state index contributed by atoms with van der Waals surface area (Å²) in [6.45, 7) is 9.67. The van der Waals surface area contributed by atoms with Crippen LogP contribution in [0.3, 0.4) is 0 Å². The Hall–Kier alpha value is -2.53. The number of anilines is 1. The highest BCUT2D eigenvalue weighted by Gasteiger charge is 2.38. The molecule has 0 fully saturated rings. The first-order valence-corrected chi connectivity index (χ1v) is 11.4. The molecule has 4 rings (SSSR count). The number of hydrogen-bond donors (Lipinski definition) is 0. The summed E-state index contributed by atoms with van der Waals surface area (Å²) in [5, 5.41) is 0.916. The SMILES string of the molecule is CC(C)Cn1c(SCC(=O)/C=C2\N(C)c3ccccc3C2(C)C)nc2ccccc21. The summed E-state index contributed by atoms with van der Waals surface area (Å²) >= 11 is 1.53. The van der Waals surface area contributed by atoms with E-state index in [2.05, 4.69) is 61.4 Å². The summed E-state index contributed by atoms with van der Waals surface area (Å²) < 4.78 is 2.24. The fourth-order valence-corrected chi connectivity index (χ4v) is 5.14. The van der Waals surface area contributed by atoms with Gasteiger partial charge in [-0.1, -0.05) is 69.8 Å². The number of thioether (sulfide) groups is 1. The topological polar surface area (TPSA) is 38.1 Å². The molecule has 1 aromatic heterocycles. The third kappa shape index (κ3) is 3.67. The number of rotatable bonds is 6. The van der Waals surface area contributed by atoms with E-state index in [4.69, 9.17) is 4.98 Å². The van der Waals surface area contributed by atoms with Crippen LogP contribution in [-0.2, 0) is 16.8 Å². The Kier molecular flexibility index (Phi) is 5.49. The molecular formula is C25H29N3OS. The number of allylic oxidation sites excluding steroid dienone is 2. The van der Waals surface area contributed by atoms with Crippen molar-refractivity contribution in [1.29, 1.82) is 0 Å². The molecule has 0 bridgehead atoms. The van der Waals surface area contributed by atoms with Crippen LogP contribution in [0, 0.1) is 5.92 Å². The lowest BCUT2D eigenvalue weighted by molar-refractivity contribution is -0.112. The predicted octanol–water partition coefficient (Wildman–Crippen LogP) is 5.67. The molecule has 0 aliphatic carbocycles. The molecule has 30 heavy (non-hydrogen) atoms. The van der Waals surface area contributed by atoms with Crippen LogP contribution in [0.15, 0.2) is 65.5 Å². The Bertz CT molecular complexity index is 1130. The van der Waals surface area contributed by atoms with Gasteiger partial charge in [0.2, 0.25) is 0 Å². The van der Waals surface area contributed by atoms with Gasteiger partial charge in [-0.15, -0.1) is 0 Å². The Morgan fingerprint density at radius 1 is 1.13 bits per heavy atom. The van der Waals surface area contributed by atoms with Crippen molar-refractivity contribution < 1.29 is 4.79 Å². The zero-order chi connectivity index (χ0) is 21.5. The van der Waals surface area contributed by atoms with Gasteiger partial charge in [-0.25, -0.2) is 4.98 Å². The van der Waals surface area contributed by atoms with Crippen LogP contribution in [0.5, 0.6) is 0 Å². The van der Waals surface area contributed by atoms with Crippen molar-refractivity contribution in [2.75, 3.05) is 17.7 Å². The molecule has 0 unspecified atom stereocenters. The largest absolute Gasteiger partial charge is 0.347 e. The lowest BCUT2D eigenvalue weighted by atomic mass is 9.83. The maximum atomic E-state index is 12.9. The molecule has 0 amide bonds. The Labute approximate surface area is 183 Å². The van der Waals surface area contributed by atoms with Gasteiger partial charge in [-0.3, -0.25) is 4.79 Å². The molecule has 1 aliphatic heterocycles. The maximum Gasteiger partial charge on any atom is 0.169 e. The van der Waals surface area contributed by atoms with E-state index < -0.39 is 0 Å². The summed E-state index contributed by atoms with van der Waals surface area (Å²) in [4.78, 5) is 19.9. The van der Waals surface area contributed by atoms with Crippen molar-refractivity contribution in [2.24, 2.45) is 5.92 Å². The van der Waals surface area contributed by atoms with Gasteiger partial charge in [0.1, 0.15) is 0 Å². The van der Waals surface area contributed by atoms with Gasteiger partial charge in [0.05, 0.1) is 16.8 Å². The van der Waals surface area contributed by atoms with Crippen LogP contribution in [-0.4, -0.2) is 28.1 Å². The number of nitrogens with zero attached hydrogens (tertiary/aromatic N) is 3. The number of para-hydroxylation sites is 3. The van der Waals surface area contributed by atoms with Gasteiger partial charge in [0.25, 0.3) is 0 Å². The monoisotopic (exact) mass is 419 g/mol. The molecule has 0 spiro atoms. The number of aromatic nitrogens is 2. The summed E-state index contributed by atoms with van der Waals surface area (Å²) in [6, 6.07) is 16.6. The van der Waals surface area contributed by atoms with Crippen molar-refractivity contribution in [3.63, 3.8) is 0 Å². The highest BCUT2D eigenvalue weighted by Crippen LogP contribution is 2.46. The second-order valence-electron chi connectivity index (χ2n) is 8.87. The molecule has 4 nitrogen and oxygen atoms in total. The Balaban J connectivity index is 1.56. The molecular weight excluding hydrogens is 390 g/mol. The molecule has 3 aromatic rings. The minimum Gasteiger partial charge on any atom is -0.347 e. The quantitative estimate of drug-likeness (QED) is 0.381. The van der Waals surface area contributed by atoms with E-state index in [9.17, 15) is 4.79 Å². The molecule has 0 saturated heterocycles. The second-order valence-corrected chi connectivity index (χ2v) is 9.82. The second kappa shape index (κ2) is 7.95. The molecule has 2 aromatic carbocycles. The number of likely N-dealkylation sites (N-methyl/N-ethyl adjacent to an activating group) is 1. The third-order valence-electron chi connectivity index (χ3n) is 5.75. The van der Waals surface area contributed by atoms with Crippen molar-refractivity contribution in [3.05, 3.63) is 65.9 Å². The average molecular weight is 420 g/mol. The first-order valence-electron chi connectivity index (χ1n) is 10.5. The van der Waals surface area contributed by atoms with Crippen LogP contribution in [0.4, 0.5) is 5.69 Å². The smallest absolute Gasteiger partial charge is 0.169 e. The van der Waals surface area contributed by atoms with E-state index in [1.54, 1.807) is 0 Å². The molecule has 1 aliphatic rings. The maximum absolute atomic E-state index is 12.9. The number of ketones is 1. The number of carbonyl (C=O) groups is 1. The van der Waals surface area contributed by atoms with Crippen LogP contribution < -0.4 is 4.90 Å². The highest BCUT2D eigenvalue weighted by atomic mass is 32.2. The average Bonchev–Trinajstić information content (AvgIpc) is 3.15. The number of benzene rings is 2. The summed E-state index contributed by atoms with van der Waals surface area (Å²) in [5.41, 5.74) is 5.41. The molecule has 0 radical (unpaired) electrons. The van der Waals surface area contributed by atoms with Crippen molar-refractivity contribution in [1.82, 2.24) is 9.55 Å². The minimum atomic E-state index is -0.184. The minimum absolute atomic E-state index is 0.117. The van der Waals surface area contributed by atoms with Gasteiger partial charge in [0, 0.05) is 36.5 Å². The zero-order valence-corrected chi connectivity index (χ0v) is 19.2. The first kappa shape index (κ1) is 20.7. The molecule has 2 heterocycles. The third-order valence-corrected chi connectivity index (χ3v) is 6.75. The van der Waals surface area contributed by atoms with Crippen LogP contribution >= 0.6 is 11.8 Å². The molecule has 156 valence electrons. The molecule has 0 N–H and O–H groups in total. The van der Waals surface area contributed by atoms with E-state index in [-0.39, 0.29) is 11.2 Å². The number of hydrogen-bond acceptors (Lipinski definition) is 4. The van der Waals surface area contributed by atoms with Gasteiger partial charge in [-0.05, 0) is 29.7 Å². The van der Waals surface area contributed by atoms with Gasteiger partial charge < -0.3 is 9.47 Å². The summed E-state index contributed by atoms with van der Waals surface area (Å²) in [7, 11) is 2.04. The van der Waals surface area contributed by atoms with Crippen LogP contribution in [0.1, 0.15) is 33.3 Å². The lowest BCUT2D eigenvalue weighted by Gasteiger charge is -2.23. The Morgan fingerprint density at radius 2 is 1.83 bits per heavy atom. The predicted molar refractivity (Wildman–Crippen MR) is 126 cm³/mol.